The van der Waals surface area contributed by atoms with E-state index in [9.17, 15) is 4.39 Å². The molecule has 0 aliphatic carbocycles. The number of hydrogen-bond donors (Lipinski definition) is 2. The van der Waals surface area contributed by atoms with Gasteiger partial charge in [0.15, 0.2) is 0 Å². The Kier molecular flexibility index (Phi) is 3.01. The van der Waals surface area contributed by atoms with Crippen LogP contribution in [0.25, 0.3) is 11.3 Å². The summed E-state index contributed by atoms with van der Waals surface area (Å²) in [5.41, 5.74) is 7.02. The van der Waals surface area contributed by atoms with Crippen molar-refractivity contribution in [3.05, 3.63) is 42.1 Å². The topological polar surface area (TPSA) is 54.7 Å². The van der Waals surface area contributed by atoms with E-state index in [1.54, 1.807) is 24.4 Å². The van der Waals surface area contributed by atoms with E-state index in [2.05, 4.69) is 9.97 Å². The number of imidazole rings is 1. The molecule has 1 aromatic heterocycles. The van der Waals surface area contributed by atoms with Crippen molar-refractivity contribution in [2.24, 2.45) is 5.73 Å². The van der Waals surface area contributed by atoms with Gasteiger partial charge in [0.05, 0.1) is 17.9 Å². The number of nitrogens with one attached hydrogen (secondary N) is 1. The van der Waals surface area contributed by atoms with Crippen LogP contribution in [0.1, 0.15) is 25.2 Å². The fraction of sp³-hybridized carbons (Fsp3) is 0.250. The summed E-state index contributed by atoms with van der Waals surface area (Å²) in [6, 6.07) is 6.47. The lowest BCUT2D eigenvalue weighted by Gasteiger charge is -2.04. The summed E-state index contributed by atoms with van der Waals surface area (Å²) in [6.07, 6.45) is 2.41. The lowest BCUT2D eigenvalue weighted by molar-refractivity contribution is 0.630. The van der Waals surface area contributed by atoms with Gasteiger partial charge in [0.2, 0.25) is 0 Å². The van der Waals surface area contributed by atoms with Gasteiger partial charge >= 0.3 is 0 Å². The molecule has 3 nitrogen and oxygen atoms in total. The zero-order chi connectivity index (χ0) is 11.5. The first-order valence-corrected chi connectivity index (χ1v) is 5.27. The molecule has 0 fully saturated rings. The second kappa shape index (κ2) is 4.45. The molecule has 1 unspecified atom stereocenters. The van der Waals surface area contributed by atoms with Gasteiger partial charge in [-0.1, -0.05) is 19.1 Å². The molecule has 0 amide bonds. The molecule has 1 heterocycles. The van der Waals surface area contributed by atoms with Gasteiger partial charge in [0.25, 0.3) is 0 Å². The molecule has 0 aliphatic rings. The van der Waals surface area contributed by atoms with E-state index in [1.807, 2.05) is 6.92 Å². The molecule has 0 aliphatic heterocycles. The lowest BCUT2D eigenvalue weighted by Crippen LogP contribution is -2.10. The Labute approximate surface area is 93.5 Å². The van der Waals surface area contributed by atoms with Crippen molar-refractivity contribution in [3.8, 4) is 11.3 Å². The van der Waals surface area contributed by atoms with Crippen molar-refractivity contribution in [2.75, 3.05) is 0 Å². The summed E-state index contributed by atoms with van der Waals surface area (Å²) in [4.78, 5) is 7.20. The Hall–Kier alpha value is -1.68. The minimum absolute atomic E-state index is 0.125. The minimum Gasteiger partial charge on any atom is -0.341 e. The van der Waals surface area contributed by atoms with Gasteiger partial charge in [-0.2, -0.15) is 0 Å². The molecule has 3 N–H and O–H groups in total. The van der Waals surface area contributed by atoms with Crippen molar-refractivity contribution in [3.63, 3.8) is 0 Å². The highest BCUT2D eigenvalue weighted by molar-refractivity contribution is 5.59. The van der Waals surface area contributed by atoms with Crippen LogP contribution >= 0.6 is 0 Å². The third-order valence-corrected chi connectivity index (χ3v) is 2.55. The molecule has 2 aromatic rings. The van der Waals surface area contributed by atoms with E-state index in [-0.39, 0.29) is 11.9 Å². The maximum absolute atomic E-state index is 13.5. The van der Waals surface area contributed by atoms with Crippen LogP contribution in [-0.2, 0) is 0 Å². The average Bonchev–Trinajstić information content (AvgIpc) is 2.78. The van der Waals surface area contributed by atoms with Gasteiger partial charge in [0.1, 0.15) is 11.6 Å². The predicted molar refractivity (Wildman–Crippen MR) is 61.2 cm³/mol. The first kappa shape index (κ1) is 10.8. The molecule has 4 heteroatoms. The number of rotatable bonds is 3. The number of aromatic nitrogens is 2. The lowest BCUT2D eigenvalue weighted by atomic mass is 10.1. The Morgan fingerprint density at radius 1 is 1.44 bits per heavy atom. The maximum atomic E-state index is 13.5. The molecule has 0 saturated carbocycles. The molecule has 84 valence electrons. The summed E-state index contributed by atoms with van der Waals surface area (Å²) in [5, 5.41) is 0. The van der Waals surface area contributed by atoms with Crippen molar-refractivity contribution in [2.45, 2.75) is 19.4 Å². The normalized spacial score (nSPS) is 12.7. The van der Waals surface area contributed by atoms with Crippen LogP contribution in [0.4, 0.5) is 4.39 Å². The SMILES string of the molecule is CCC(N)c1ncc(-c2ccccc2F)[nH]1. The molecule has 0 spiro atoms. The Morgan fingerprint density at radius 3 is 2.88 bits per heavy atom. The van der Waals surface area contributed by atoms with Gasteiger partial charge < -0.3 is 10.7 Å². The fourth-order valence-electron chi connectivity index (χ4n) is 1.53. The second-order valence-electron chi connectivity index (χ2n) is 3.68. The van der Waals surface area contributed by atoms with Crippen molar-refractivity contribution < 1.29 is 4.39 Å². The fourth-order valence-corrected chi connectivity index (χ4v) is 1.53. The smallest absolute Gasteiger partial charge is 0.132 e. The summed E-state index contributed by atoms with van der Waals surface area (Å²) >= 11 is 0. The van der Waals surface area contributed by atoms with Crippen LogP contribution in [0.15, 0.2) is 30.5 Å². The molecule has 1 aromatic carbocycles. The zero-order valence-electron chi connectivity index (χ0n) is 9.07. The standard InChI is InChI=1S/C12H14FN3/c1-2-10(14)12-15-7-11(16-12)8-5-3-4-6-9(8)13/h3-7,10H,2,14H2,1H3,(H,15,16). The van der Waals surface area contributed by atoms with Gasteiger partial charge in [0, 0.05) is 5.56 Å². The monoisotopic (exact) mass is 219 g/mol. The number of benzene rings is 1. The van der Waals surface area contributed by atoms with E-state index in [1.165, 1.54) is 6.07 Å². The van der Waals surface area contributed by atoms with Crippen LogP contribution in [0.3, 0.4) is 0 Å². The zero-order valence-corrected chi connectivity index (χ0v) is 9.07. The minimum atomic E-state index is -0.261. The van der Waals surface area contributed by atoms with Gasteiger partial charge in [-0.25, -0.2) is 9.37 Å². The Balaban J connectivity index is 2.35. The number of halogens is 1. The molecular formula is C12H14FN3. The number of aromatic amines is 1. The maximum Gasteiger partial charge on any atom is 0.132 e. The molecule has 1 atom stereocenters. The molecule has 16 heavy (non-hydrogen) atoms. The number of hydrogen-bond acceptors (Lipinski definition) is 2. The van der Waals surface area contributed by atoms with E-state index in [0.29, 0.717) is 17.1 Å². The Bertz CT molecular complexity index is 479. The highest BCUT2D eigenvalue weighted by Crippen LogP contribution is 2.22. The second-order valence-corrected chi connectivity index (χ2v) is 3.68. The van der Waals surface area contributed by atoms with Crippen LogP contribution in [0.5, 0.6) is 0 Å². The number of nitrogens with zero attached hydrogens (tertiary/aromatic N) is 1. The van der Waals surface area contributed by atoms with Crippen LogP contribution in [-0.4, -0.2) is 9.97 Å². The quantitative estimate of drug-likeness (QED) is 0.833. The largest absolute Gasteiger partial charge is 0.341 e. The van der Waals surface area contributed by atoms with Crippen molar-refractivity contribution in [1.82, 2.24) is 9.97 Å². The van der Waals surface area contributed by atoms with E-state index in [0.717, 1.165) is 6.42 Å². The van der Waals surface area contributed by atoms with Gasteiger partial charge in [-0.3, -0.25) is 0 Å². The number of H-pyrrole nitrogens is 1. The summed E-state index contributed by atoms with van der Waals surface area (Å²) < 4.78 is 13.5. The molecule has 0 saturated heterocycles. The van der Waals surface area contributed by atoms with E-state index >= 15 is 0 Å². The van der Waals surface area contributed by atoms with Crippen molar-refractivity contribution in [1.29, 1.82) is 0 Å². The molecule has 0 radical (unpaired) electrons. The summed E-state index contributed by atoms with van der Waals surface area (Å²) in [6.45, 7) is 1.98. The first-order chi connectivity index (χ1) is 7.72. The number of nitrogens with two attached hydrogens (primary N) is 1. The van der Waals surface area contributed by atoms with Gasteiger partial charge in [-0.15, -0.1) is 0 Å². The molecule has 0 bridgehead atoms. The molecule has 2 rings (SSSR count). The summed E-state index contributed by atoms with van der Waals surface area (Å²) in [7, 11) is 0. The highest BCUT2D eigenvalue weighted by Gasteiger charge is 2.10. The molecular weight excluding hydrogens is 205 g/mol. The third kappa shape index (κ3) is 1.97. The predicted octanol–water partition coefficient (Wildman–Crippen LogP) is 2.63. The van der Waals surface area contributed by atoms with Crippen molar-refractivity contribution >= 4 is 0 Å². The first-order valence-electron chi connectivity index (χ1n) is 5.27. The Morgan fingerprint density at radius 2 is 2.19 bits per heavy atom. The van der Waals surface area contributed by atoms with E-state index in [4.69, 9.17) is 5.73 Å². The van der Waals surface area contributed by atoms with Crippen LogP contribution in [0.2, 0.25) is 0 Å². The third-order valence-electron chi connectivity index (χ3n) is 2.55. The van der Waals surface area contributed by atoms with Gasteiger partial charge in [-0.05, 0) is 18.6 Å². The summed E-state index contributed by atoms with van der Waals surface area (Å²) in [5.74, 6) is 0.434. The van der Waals surface area contributed by atoms with Crippen LogP contribution < -0.4 is 5.73 Å². The van der Waals surface area contributed by atoms with Crippen LogP contribution in [0, 0.1) is 5.82 Å². The highest BCUT2D eigenvalue weighted by atomic mass is 19.1. The van der Waals surface area contributed by atoms with E-state index < -0.39 is 0 Å². The average molecular weight is 219 g/mol.